The van der Waals surface area contributed by atoms with E-state index in [9.17, 15) is 9.59 Å². The fourth-order valence-corrected chi connectivity index (χ4v) is 3.65. The van der Waals surface area contributed by atoms with Crippen molar-refractivity contribution in [3.63, 3.8) is 0 Å². The predicted octanol–water partition coefficient (Wildman–Crippen LogP) is 2.02. The largest absolute Gasteiger partial charge is 0.494 e. The third-order valence-corrected chi connectivity index (χ3v) is 5.58. The van der Waals surface area contributed by atoms with Crippen LogP contribution in [-0.4, -0.2) is 70.3 Å². The Labute approximate surface area is 197 Å². The summed E-state index contributed by atoms with van der Waals surface area (Å²) < 4.78 is 7.27. The van der Waals surface area contributed by atoms with E-state index >= 15 is 0 Å². The van der Waals surface area contributed by atoms with Crippen LogP contribution >= 0.6 is 0 Å². The van der Waals surface area contributed by atoms with E-state index < -0.39 is 0 Å². The summed E-state index contributed by atoms with van der Waals surface area (Å²) in [6.45, 7) is 2.80. The number of para-hydroxylation sites is 1. The Morgan fingerprint density at radius 3 is 2.65 bits per heavy atom. The van der Waals surface area contributed by atoms with Crippen molar-refractivity contribution in [3.05, 3.63) is 42.4 Å². The highest BCUT2D eigenvalue weighted by molar-refractivity contribution is 6.01. The molecule has 0 saturated carbocycles. The Morgan fingerprint density at radius 1 is 1.18 bits per heavy atom. The van der Waals surface area contributed by atoms with Gasteiger partial charge >= 0.3 is 0 Å². The van der Waals surface area contributed by atoms with Crippen molar-refractivity contribution in [1.29, 1.82) is 0 Å². The van der Waals surface area contributed by atoms with Gasteiger partial charge in [0.1, 0.15) is 12.1 Å². The maximum absolute atomic E-state index is 12.5. The highest BCUT2D eigenvalue weighted by atomic mass is 16.5. The third kappa shape index (κ3) is 5.15. The topological polar surface area (TPSA) is 126 Å². The number of amides is 2. The number of ether oxygens (including phenoxy) is 1. The van der Waals surface area contributed by atoms with Crippen molar-refractivity contribution in [3.8, 4) is 17.1 Å². The van der Waals surface area contributed by atoms with Crippen molar-refractivity contribution in [1.82, 2.24) is 30.0 Å². The summed E-state index contributed by atoms with van der Waals surface area (Å²) in [6, 6.07) is 7.16. The number of pyridine rings is 1. The first-order valence-electron chi connectivity index (χ1n) is 11.0. The number of aryl methyl sites for hydroxylation is 1. The van der Waals surface area contributed by atoms with E-state index in [1.807, 2.05) is 18.2 Å². The minimum Gasteiger partial charge on any atom is -0.494 e. The Morgan fingerprint density at radius 2 is 2.00 bits per heavy atom. The molecule has 3 N–H and O–H groups in total. The van der Waals surface area contributed by atoms with Crippen molar-refractivity contribution >= 4 is 29.0 Å². The number of hydrogen-bond donors (Lipinski definition) is 3. The lowest BCUT2D eigenvalue weighted by Gasteiger charge is -2.30. The van der Waals surface area contributed by atoms with E-state index in [0.29, 0.717) is 46.3 Å². The SMILES string of the molecule is CNC(=O)c1cnc(NC(=O)CCN2CCC2)cc1Nc1cccc(-c2ncn(C)n2)c1OC. The normalized spacial score (nSPS) is 13.1. The lowest BCUT2D eigenvalue weighted by atomic mass is 10.1. The second-order valence-corrected chi connectivity index (χ2v) is 7.94. The average Bonchev–Trinajstić information content (AvgIpc) is 3.23. The third-order valence-electron chi connectivity index (χ3n) is 5.58. The molecule has 1 aliphatic rings. The maximum atomic E-state index is 12.5. The molecule has 34 heavy (non-hydrogen) atoms. The van der Waals surface area contributed by atoms with Crippen LogP contribution in [0.5, 0.6) is 5.75 Å². The number of benzene rings is 1. The molecule has 0 unspecified atom stereocenters. The van der Waals surface area contributed by atoms with Crippen molar-refractivity contribution in [2.45, 2.75) is 12.8 Å². The molecule has 0 radical (unpaired) electrons. The van der Waals surface area contributed by atoms with Gasteiger partial charge in [-0.25, -0.2) is 9.97 Å². The Kier molecular flexibility index (Phi) is 7.02. The molecule has 1 aliphatic heterocycles. The number of rotatable bonds is 9. The summed E-state index contributed by atoms with van der Waals surface area (Å²) in [4.78, 5) is 35.7. The summed E-state index contributed by atoms with van der Waals surface area (Å²) in [5, 5.41) is 13.1. The van der Waals surface area contributed by atoms with E-state index in [1.54, 1.807) is 38.3 Å². The van der Waals surface area contributed by atoms with E-state index in [1.165, 1.54) is 12.6 Å². The number of methoxy groups -OCH3 is 1. The Balaban J connectivity index is 1.61. The van der Waals surface area contributed by atoms with Gasteiger partial charge in [-0.1, -0.05) is 6.07 Å². The summed E-state index contributed by atoms with van der Waals surface area (Å²) in [5.41, 5.74) is 2.10. The lowest BCUT2D eigenvalue weighted by Crippen LogP contribution is -2.38. The highest BCUT2D eigenvalue weighted by Crippen LogP contribution is 2.37. The van der Waals surface area contributed by atoms with Crippen LogP contribution in [0, 0.1) is 0 Å². The second-order valence-electron chi connectivity index (χ2n) is 7.94. The van der Waals surface area contributed by atoms with Crippen molar-refractivity contribution in [2.75, 3.05) is 44.4 Å². The molecule has 1 saturated heterocycles. The van der Waals surface area contributed by atoms with Crippen LogP contribution in [0.1, 0.15) is 23.2 Å². The van der Waals surface area contributed by atoms with Gasteiger partial charge in [0, 0.05) is 39.3 Å². The number of carbonyl (C=O) groups is 2. The van der Waals surface area contributed by atoms with Gasteiger partial charge in [-0.2, -0.15) is 5.10 Å². The van der Waals surface area contributed by atoms with Gasteiger partial charge in [-0.05, 0) is 31.6 Å². The van der Waals surface area contributed by atoms with E-state index in [-0.39, 0.29) is 11.8 Å². The highest BCUT2D eigenvalue weighted by Gasteiger charge is 2.19. The number of nitrogens with one attached hydrogen (secondary N) is 3. The molecular weight excluding hydrogens is 436 g/mol. The van der Waals surface area contributed by atoms with Crippen LogP contribution in [-0.2, 0) is 11.8 Å². The molecule has 4 rings (SSSR count). The molecule has 11 nitrogen and oxygen atoms in total. The van der Waals surface area contributed by atoms with Crippen LogP contribution in [0.15, 0.2) is 36.8 Å². The Hall–Kier alpha value is -3.99. The first kappa shape index (κ1) is 23.2. The predicted molar refractivity (Wildman–Crippen MR) is 128 cm³/mol. The molecule has 178 valence electrons. The average molecular weight is 465 g/mol. The van der Waals surface area contributed by atoms with Gasteiger partial charge in [0.2, 0.25) is 5.91 Å². The van der Waals surface area contributed by atoms with Gasteiger partial charge in [-0.3, -0.25) is 14.3 Å². The zero-order valence-corrected chi connectivity index (χ0v) is 19.5. The van der Waals surface area contributed by atoms with Crippen molar-refractivity contribution in [2.24, 2.45) is 7.05 Å². The van der Waals surface area contributed by atoms with Gasteiger partial charge in [-0.15, -0.1) is 0 Å². The molecule has 2 aromatic heterocycles. The molecule has 2 amide bonds. The van der Waals surface area contributed by atoms with Crippen LogP contribution in [0.2, 0.25) is 0 Å². The minimum atomic E-state index is -0.313. The molecule has 0 spiro atoms. The number of likely N-dealkylation sites (tertiary alicyclic amines) is 1. The van der Waals surface area contributed by atoms with Crippen LogP contribution in [0.3, 0.4) is 0 Å². The van der Waals surface area contributed by atoms with Crippen molar-refractivity contribution < 1.29 is 14.3 Å². The fourth-order valence-electron chi connectivity index (χ4n) is 3.65. The molecule has 0 bridgehead atoms. The summed E-state index contributed by atoms with van der Waals surface area (Å²) >= 11 is 0. The number of hydrogen-bond acceptors (Lipinski definition) is 8. The zero-order chi connectivity index (χ0) is 24.1. The fraction of sp³-hybridized carbons (Fsp3) is 0.348. The molecule has 0 atom stereocenters. The smallest absolute Gasteiger partial charge is 0.254 e. The van der Waals surface area contributed by atoms with E-state index in [2.05, 4.69) is 35.9 Å². The first-order valence-corrected chi connectivity index (χ1v) is 11.0. The maximum Gasteiger partial charge on any atom is 0.254 e. The summed E-state index contributed by atoms with van der Waals surface area (Å²) in [6.07, 6.45) is 4.61. The quantitative estimate of drug-likeness (QED) is 0.439. The summed E-state index contributed by atoms with van der Waals surface area (Å²) in [5.74, 6) is 0.948. The molecular formula is C23H28N8O3. The first-order chi connectivity index (χ1) is 16.5. The van der Waals surface area contributed by atoms with Gasteiger partial charge in [0.15, 0.2) is 11.6 Å². The molecule has 1 aromatic carbocycles. The standard InChI is InChI=1S/C23H28N8O3/c1-24-23(33)16-13-25-19(28-20(32)8-11-31-9-5-10-31)12-18(16)27-17-7-4-6-15(21(17)34-3)22-26-14-30(2)29-22/h4,6-7,12-14H,5,8-11H2,1-3H3,(H,24,33)(H2,25,27,28,32). The molecule has 1 fully saturated rings. The van der Waals surface area contributed by atoms with E-state index in [4.69, 9.17) is 4.74 Å². The molecule has 3 heterocycles. The number of nitrogens with zero attached hydrogens (tertiary/aromatic N) is 5. The Bertz CT molecular complexity index is 1190. The van der Waals surface area contributed by atoms with Crippen LogP contribution < -0.4 is 20.7 Å². The van der Waals surface area contributed by atoms with Crippen LogP contribution in [0.4, 0.5) is 17.2 Å². The van der Waals surface area contributed by atoms with Gasteiger partial charge < -0.3 is 25.6 Å². The number of aromatic nitrogens is 4. The number of carbonyl (C=O) groups excluding carboxylic acids is 2. The van der Waals surface area contributed by atoms with Gasteiger partial charge in [0.25, 0.3) is 5.91 Å². The van der Waals surface area contributed by atoms with Crippen LogP contribution in [0.25, 0.3) is 11.4 Å². The van der Waals surface area contributed by atoms with E-state index in [0.717, 1.165) is 19.6 Å². The second kappa shape index (κ2) is 10.3. The molecule has 11 heteroatoms. The molecule has 0 aliphatic carbocycles. The summed E-state index contributed by atoms with van der Waals surface area (Å²) in [7, 11) is 4.89. The van der Waals surface area contributed by atoms with Gasteiger partial charge in [0.05, 0.1) is 29.6 Å². The monoisotopic (exact) mass is 464 g/mol. The number of anilines is 3. The minimum absolute atomic E-state index is 0.126. The lowest BCUT2D eigenvalue weighted by molar-refractivity contribution is -0.116. The zero-order valence-electron chi connectivity index (χ0n) is 19.5. The molecule has 3 aromatic rings.